The molecule has 2 heterocycles. The lowest BCUT2D eigenvalue weighted by atomic mass is 10.1. The molecule has 2 aromatic heterocycles. The van der Waals surface area contributed by atoms with Gasteiger partial charge in [-0.15, -0.1) is 10.2 Å². The maximum absolute atomic E-state index is 13.8. The lowest BCUT2D eigenvalue weighted by Gasteiger charge is -2.10. The van der Waals surface area contributed by atoms with Crippen molar-refractivity contribution in [2.45, 2.75) is 6.92 Å². The van der Waals surface area contributed by atoms with Gasteiger partial charge in [0.15, 0.2) is 5.76 Å². The van der Waals surface area contributed by atoms with Crippen LogP contribution in [-0.4, -0.2) is 16.1 Å². The minimum Gasteiger partial charge on any atom is -0.459 e. The molecule has 0 aliphatic heterocycles. The zero-order valence-corrected chi connectivity index (χ0v) is 14.3. The van der Waals surface area contributed by atoms with Crippen LogP contribution in [0.4, 0.5) is 10.1 Å². The Labute approximate surface area is 153 Å². The molecule has 1 N–H and O–H groups in total. The molecule has 27 heavy (non-hydrogen) atoms. The van der Waals surface area contributed by atoms with Gasteiger partial charge in [0.1, 0.15) is 5.82 Å². The van der Waals surface area contributed by atoms with Crippen molar-refractivity contribution in [2.24, 2.45) is 0 Å². The highest BCUT2D eigenvalue weighted by Gasteiger charge is 2.16. The largest absolute Gasteiger partial charge is 0.459 e. The van der Waals surface area contributed by atoms with Gasteiger partial charge in [0, 0.05) is 11.3 Å². The quantitative estimate of drug-likeness (QED) is 0.568. The van der Waals surface area contributed by atoms with E-state index in [0.717, 1.165) is 5.56 Å². The van der Waals surface area contributed by atoms with Crippen LogP contribution >= 0.6 is 0 Å². The van der Waals surface area contributed by atoms with Gasteiger partial charge in [0.05, 0.1) is 11.8 Å². The van der Waals surface area contributed by atoms with E-state index < -0.39 is 11.7 Å². The van der Waals surface area contributed by atoms with Gasteiger partial charge in [-0.2, -0.15) is 0 Å². The fourth-order valence-corrected chi connectivity index (χ4v) is 2.56. The minimum absolute atomic E-state index is 0.0276. The van der Waals surface area contributed by atoms with E-state index in [1.54, 1.807) is 30.3 Å². The highest BCUT2D eigenvalue weighted by atomic mass is 19.1. The van der Waals surface area contributed by atoms with E-state index in [0.29, 0.717) is 17.0 Å². The molecule has 1 amide bonds. The number of halogens is 1. The summed E-state index contributed by atoms with van der Waals surface area (Å²) in [6.07, 6.45) is 1.52. The number of benzene rings is 2. The zero-order chi connectivity index (χ0) is 18.8. The Bertz CT molecular complexity index is 1100. The van der Waals surface area contributed by atoms with Crippen LogP contribution in [0.3, 0.4) is 0 Å². The van der Waals surface area contributed by atoms with Gasteiger partial charge in [-0.25, -0.2) is 4.39 Å². The summed E-state index contributed by atoms with van der Waals surface area (Å²) in [6.45, 7) is 1.84. The lowest BCUT2D eigenvalue weighted by Crippen LogP contribution is -2.14. The number of aryl methyl sites for hydroxylation is 1. The van der Waals surface area contributed by atoms with Crippen LogP contribution < -0.4 is 5.32 Å². The van der Waals surface area contributed by atoms with Crippen LogP contribution in [0, 0.1) is 12.7 Å². The molecule has 6 nitrogen and oxygen atoms in total. The molecule has 0 fully saturated rings. The molecular weight excluding hydrogens is 349 g/mol. The number of nitrogens with zero attached hydrogens (tertiary/aromatic N) is 2. The van der Waals surface area contributed by atoms with Gasteiger partial charge in [0.25, 0.3) is 11.8 Å². The molecule has 0 bridgehead atoms. The van der Waals surface area contributed by atoms with Crippen molar-refractivity contribution in [3.63, 3.8) is 0 Å². The average Bonchev–Trinajstić information content (AvgIpc) is 3.35. The molecule has 7 heteroatoms. The molecule has 2 aromatic carbocycles. The van der Waals surface area contributed by atoms with Crippen LogP contribution in [-0.2, 0) is 0 Å². The number of carbonyl (C=O) groups excluding carboxylic acids is 1. The van der Waals surface area contributed by atoms with Crippen molar-refractivity contribution in [2.75, 3.05) is 5.32 Å². The highest BCUT2D eigenvalue weighted by Crippen LogP contribution is 2.28. The summed E-state index contributed by atoms with van der Waals surface area (Å²) in [6, 6.07) is 14.6. The minimum atomic E-state index is -0.580. The molecule has 0 aliphatic rings. The van der Waals surface area contributed by atoms with E-state index >= 15 is 0 Å². The Morgan fingerprint density at radius 3 is 2.63 bits per heavy atom. The summed E-state index contributed by atoms with van der Waals surface area (Å²) in [5.74, 6) is -0.108. The third kappa shape index (κ3) is 3.35. The molecule has 134 valence electrons. The molecule has 0 saturated heterocycles. The van der Waals surface area contributed by atoms with Crippen LogP contribution in [0.5, 0.6) is 0 Å². The molecule has 0 saturated carbocycles. The van der Waals surface area contributed by atoms with Crippen LogP contribution in [0.2, 0.25) is 0 Å². The van der Waals surface area contributed by atoms with E-state index in [4.69, 9.17) is 8.83 Å². The molecule has 4 aromatic rings. The van der Waals surface area contributed by atoms with Gasteiger partial charge in [-0.1, -0.05) is 18.2 Å². The Morgan fingerprint density at radius 1 is 1.04 bits per heavy atom. The first-order chi connectivity index (χ1) is 13.1. The number of nitrogens with one attached hydrogen (secondary N) is 1. The Morgan fingerprint density at radius 2 is 1.85 bits per heavy atom. The second kappa shape index (κ2) is 6.87. The third-order valence-electron chi connectivity index (χ3n) is 4.01. The molecule has 4 rings (SSSR count). The molecule has 0 atom stereocenters. The van der Waals surface area contributed by atoms with E-state index in [2.05, 4.69) is 15.5 Å². The first kappa shape index (κ1) is 16.7. The van der Waals surface area contributed by atoms with Crippen molar-refractivity contribution in [1.82, 2.24) is 10.2 Å². The first-order valence-electron chi connectivity index (χ1n) is 8.16. The van der Waals surface area contributed by atoms with Crippen molar-refractivity contribution in [1.29, 1.82) is 0 Å². The van der Waals surface area contributed by atoms with E-state index in [1.807, 2.05) is 13.0 Å². The van der Waals surface area contributed by atoms with Crippen LogP contribution in [0.1, 0.15) is 15.9 Å². The average molecular weight is 363 g/mol. The van der Waals surface area contributed by atoms with Gasteiger partial charge < -0.3 is 14.2 Å². The standard InChI is InChI=1S/C20H14FN3O3/c1-12-8-9-13(19-23-24-20(27-19)17-7-4-10-26-17)11-16(12)22-18(25)14-5-2-3-6-15(14)21/h2-11H,1H3,(H,22,25). The summed E-state index contributed by atoms with van der Waals surface area (Å²) in [4.78, 5) is 12.4. The summed E-state index contributed by atoms with van der Waals surface area (Å²) in [7, 11) is 0. The Kier molecular flexibility index (Phi) is 4.25. The summed E-state index contributed by atoms with van der Waals surface area (Å²) in [5, 5.41) is 10.7. The maximum atomic E-state index is 13.8. The number of hydrogen-bond donors (Lipinski definition) is 1. The van der Waals surface area contributed by atoms with Crippen molar-refractivity contribution < 1.29 is 18.0 Å². The topological polar surface area (TPSA) is 81.2 Å². The molecule has 0 spiro atoms. The van der Waals surface area contributed by atoms with Crippen molar-refractivity contribution >= 4 is 11.6 Å². The first-order valence-corrected chi connectivity index (χ1v) is 8.16. The predicted molar refractivity (Wildman–Crippen MR) is 96.5 cm³/mol. The number of carbonyl (C=O) groups is 1. The Balaban J connectivity index is 1.62. The smallest absolute Gasteiger partial charge is 0.283 e. The van der Waals surface area contributed by atoms with Gasteiger partial charge >= 0.3 is 0 Å². The fraction of sp³-hybridized carbons (Fsp3) is 0.0500. The van der Waals surface area contributed by atoms with Gasteiger partial charge in [0.2, 0.25) is 5.89 Å². The lowest BCUT2D eigenvalue weighted by molar-refractivity contribution is 0.102. The fourth-order valence-electron chi connectivity index (χ4n) is 2.56. The van der Waals surface area contributed by atoms with Crippen molar-refractivity contribution in [3.05, 3.63) is 77.8 Å². The molecule has 0 aliphatic carbocycles. The highest BCUT2D eigenvalue weighted by molar-refractivity contribution is 6.05. The van der Waals surface area contributed by atoms with Gasteiger partial charge in [-0.3, -0.25) is 4.79 Å². The second-order valence-corrected chi connectivity index (χ2v) is 5.85. The van der Waals surface area contributed by atoms with E-state index in [-0.39, 0.29) is 17.3 Å². The van der Waals surface area contributed by atoms with Crippen LogP contribution in [0.25, 0.3) is 23.1 Å². The second-order valence-electron chi connectivity index (χ2n) is 5.85. The summed E-state index contributed by atoms with van der Waals surface area (Å²) < 4.78 is 24.7. The van der Waals surface area contributed by atoms with Crippen molar-refractivity contribution in [3.8, 4) is 23.1 Å². The number of rotatable bonds is 4. The van der Waals surface area contributed by atoms with E-state index in [1.165, 1.54) is 24.5 Å². The van der Waals surface area contributed by atoms with Crippen LogP contribution in [0.15, 0.2) is 69.7 Å². The SMILES string of the molecule is Cc1ccc(-c2nnc(-c3ccco3)o2)cc1NC(=O)c1ccccc1F. The molecule has 0 unspecified atom stereocenters. The van der Waals surface area contributed by atoms with E-state index in [9.17, 15) is 9.18 Å². The number of aromatic nitrogens is 2. The molecular formula is C20H14FN3O3. The van der Waals surface area contributed by atoms with Gasteiger partial charge in [-0.05, 0) is 48.9 Å². The monoisotopic (exact) mass is 363 g/mol. The normalized spacial score (nSPS) is 10.7. The summed E-state index contributed by atoms with van der Waals surface area (Å²) in [5.41, 5.74) is 1.93. The predicted octanol–water partition coefficient (Wildman–Crippen LogP) is 4.70. The number of amides is 1. The third-order valence-corrected chi connectivity index (χ3v) is 4.01. The number of hydrogen-bond acceptors (Lipinski definition) is 5. The number of anilines is 1. The zero-order valence-electron chi connectivity index (χ0n) is 14.3. The summed E-state index contributed by atoms with van der Waals surface area (Å²) >= 11 is 0. The maximum Gasteiger partial charge on any atom is 0.283 e. The Hall–Kier alpha value is -3.74. The molecule has 0 radical (unpaired) electrons. The number of furan rings is 1.